The van der Waals surface area contributed by atoms with Gasteiger partial charge in [0.1, 0.15) is 0 Å². The highest BCUT2D eigenvalue weighted by atomic mass is 15.2. The van der Waals surface area contributed by atoms with Gasteiger partial charge in [0.05, 0.1) is 18.2 Å². The number of imidazole rings is 1. The fraction of sp³-hybridized carbons (Fsp3) is 0.474. The van der Waals surface area contributed by atoms with Gasteiger partial charge >= 0.3 is 0 Å². The lowest BCUT2D eigenvalue weighted by atomic mass is 9.95. The first kappa shape index (κ1) is 15.5. The van der Waals surface area contributed by atoms with Crippen LogP contribution in [-0.4, -0.2) is 30.5 Å². The molecule has 2 fully saturated rings. The van der Waals surface area contributed by atoms with Gasteiger partial charge in [-0.05, 0) is 37.8 Å². The molecule has 2 saturated carbocycles. The molecule has 0 bridgehead atoms. The van der Waals surface area contributed by atoms with E-state index in [0.29, 0.717) is 18.0 Å². The van der Waals surface area contributed by atoms with Gasteiger partial charge in [-0.3, -0.25) is 4.98 Å². The quantitative estimate of drug-likeness (QED) is 0.723. The predicted octanol–water partition coefficient (Wildman–Crippen LogP) is 4.04. The number of hydrogen-bond acceptors (Lipinski definition) is 6. The Balaban J connectivity index is 1.55. The second-order valence-electron chi connectivity index (χ2n) is 7.30. The molecule has 0 aliphatic heterocycles. The second-order valence-corrected chi connectivity index (χ2v) is 7.30. The van der Waals surface area contributed by atoms with Gasteiger partial charge < -0.3 is 15.2 Å². The van der Waals surface area contributed by atoms with Crippen LogP contribution in [0.4, 0.5) is 17.5 Å². The number of fused-ring (bicyclic) bond motifs is 1. The molecular formula is C19H23N7. The zero-order chi connectivity index (χ0) is 17.3. The maximum atomic E-state index is 4.80. The molecule has 3 aromatic rings. The highest BCUT2D eigenvalue weighted by Crippen LogP contribution is 2.33. The molecule has 2 N–H and O–H groups in total. The van der Waals surface area contributed by atoms with Crippen LogP contribution in [-0.2, 0) is 0 Å². The fourth-order valence-electron chi connectivity index (χ4n) is 3.69. The van der Waals surface area contributed by atoms with Crippen LogP contribution in [0.5, 0.6) is 0 Å². The summed E-state index contributed by atoms with van der Waals surface area (Å²) in [5.41, 5.74) is 2.67. The normalized spacial score (nSPS) is 18.2. The zero-order valence-electron chi connectivity index (χ0n) is 14.7. The van der Waals surface area contributed by atoms with Crippen molar-refractivity contribution in [2.45, 2.75) is 57.0 Å². The number of pyridine rings is 1. The van der Waals surface area contributed by atoms with E-state index in [-0.39, 0.29) is 0 Å². The standard InChI is InChI=1S/C19H23N7/c1-2-6-15(7-3-1)26-12-21-16-17(22-13-8-9-13)24-19(25-18(16)26)23-14-5-4-10-20-11-14/h4-5,10-13,15H,1-3,6-9H2,(H2,22,23,24,25). The molecule has 0 aromatic carbocycles. The lowest BCUT2D eigenvalue weighted by Gasteiger charge is -2.23. The topological polar surface area (TPSA) is 80.5 Å². The fourth-order valence-corrected chi connectivity index (χ4v) is 3.69. The summed E-state index contributed by atoms with van der Waals surface area (Å²) in [6.45, 7) is 0. The van der Waals surface area contributed by atoms with E-state index < -0.39 is 0 Å². The molecule has 134 valence electrons. The molecule has 5 rings (SSSR count). The number of nitrogens with one attached hydrogen (secondary N) is 2. The van der Waals surface area contributed by atoms with Crippen molar-refractivity contribution >= 4 is 28.6 Å². The van der Waals surface area contributed by atoms with Crippen molar-refractivity contribution in [2.75, 3.05) is 10.6 Å². The molecule has 0 saturated heterocycles. The third-order valence-electron chi connectivity index (χ3n) is 5.23. The van der Waals surface area contributed by atoms with Gasteiger partial charge in [0.15, 0.2) is 17.0 Å². The van der Waals surface area contributed by atoms with E-state index in [0.717, 1.165) is 22.7 Å². The summed E-state index contributed by atoms with van der Waals surface area (Å²) < 4.78 is 2.25. The van der Waals surface area contributed by atoms with Crippen molar-refractivity contribution in [3.63, 3.8) is 0 Å². The first-order valence-corrected chi connectivity index (χ1v) is 9.55. The summed E-state index contributed by atoms with van der Waals surface area (Å²) in [4.78, 5) is 18.3. The average molecular weight is 349 g/mol. The second kappa shape index (κ2) is 6.55. The lowest BCUT2D eigenvalue weighted by molar-refractivity contribution is 0.358. The Hall–Kier alpha value is -2.70. The highest BCUT2D eigenvalue weighted by molar-refractivity contribution is 5.85. The van der Waals surface area contributed by atoms with Crippen LogP contribution in [0.3, 0.4) is 0 Å². The van der Waals surface area contributed by atoms with E-state index in [9.17, 15) is 0 Å². The summed E-state index contributed by atoms with van der Waals surface area (Å²) in [6.07, 6.45) is 14.2. The minimum Gasteiger partial charge on any atom is -0.365 e. The van der Waals surface area contributed by atoms with Gasteiger partial charge in [-0.25, -0.2) is 4.98 Å². The van der Waals surface area contributed by atoms with Crippen molar-refractivity contribution in [3.8, 4) is 0 Å². The van der Waals surface area contributed by atoms with E-state index in [1.165, 1.54) is 44.9 Å². The van der Waals surface area contributed by atoms with Crippen LogP contribution in [0.25, 0.3) is 11.2 Å². The smallest absolute Gasteiger partial charge is 0.231 e. The summed E-state index contributed by atoms with van der Waals surface area (Å²) >= 11 is 0. The molecule has 0 spiro atoms. The van der Waals surface area contributed by atoms with Crippen LogP contribution in [0, 0.1) is 0 Å². The van der Waals surface area contributed by atoms with E-state index in [1.807, 2.05) is 18.5 Å². The molecule has 0 atom stereocenters. The van der Waals surface area contributed by atoms with Gasteiger partial charge in [-0.2, -0.15) is 9.97 Å². The lowest BCUT2D eigenvalue weighted by Crippen LogP contribution is -2.13. The summed E-state index contributed by atoms with van der Waals surface area (Å²) in [5.74, 6) is 1.42. The minimum absolute atomic E-state index is 0.490. The van der Waals surface area contributed by atoms with Gasteiger partial charge in [-0.1, -0.05) is 19.3 Å². The Labute approximate surface area is 152 Å². The monoisotopic (exact) mass is 349 g/mol. The Morgan fingerprint density at radius 1 is 1.04 bits per heavy atom. The summed E-state index contributed by atoms with van der Waals surface area (Å²) in [5, 5.41) is 6.80. The number of hydrogen-bond donors (Lipinski definition) is 2. The molecule has 26 heavy (non-hydrogen) atoms. The number of rotatable bonds is 5. The van der Waals surface area contributed by atoms with Crippen LogP contribution in [0.2, 0.25) is 0 Å². The number of nitrogens with zero attached hydrogens (tertiary/aromatic N) is 5. The molecule has 3 heterocycles. The molecule has 0 amide bonds. The third kappa shape index (κ3) is 3.09. The Morgan fingerprint density at radius 2 is 1.92 bits per heavy atom. The van der Waals surface area contributed by atoms with E-state index >= 15 is 0 Å². The minimum atomic E-state index is 0.490. The molecule has 2 aliphatic rings. The van der Waals surface area contributed by atoms with Crippen molar-refractivity contribution in [3.05, 3.63) is 30.9 Å². The average Bonchev–Trinajstić information content (AvgIpc) is 3.39. The summed E-state index contributed by atoms with van der Waals surface area (Å²) in [6, 6.07) is 4.87. The Morgan fingerprint density at radius 3 is 2.69 bits per heavy atom. The number of aromatic nitrogens is 5. The van der Waals surface area contributed by atoms with Gasteiger partial charge in [0, 0.05) is 18.3 Å². The maximum absolute atomic E-state index is 4.80. The van der Waals surface area contributed by atoms with E-state index in [2.05, 4.69) is 25.2 Å². The molecule has 3 aromatic heterocycles. The molecule has 7 heteroatoms. The SMILES string of the molecule is c1cncc(Nc2nc(NC3CC3)c3ncn(C4CCCCC4)c3n2)c1. The van der Waals surface area contributed by atoms with Gasteiger partial charge in [0.25, 0.3) is 0 Å². The first-order valence-electron chi connectivity index (χ1n) is 9.55. The third-order valence-corrected chi connectivity index (χ3v) is 5.23. The van der Waals surface area contributed by atoms with Crippen molar-refractivity contribution in [2.24, 2.45) is 0 Å². The largest absolute Gasteiger partial charge is 0.365 e. The maximum Gasteiger partial charge on any atom is 0.231 e. The zero-order valence-corrected chi connectivity index (χ0v) is 14.7. The number of anilines is 3. The van der Waals surface area contributed by atoms with Crippen molar-refractivity contribution in [1.82, 2.24) is 24.5 Å². The molecular weight excluding hydrogens is 326 g/mol. The van der Waals surface area contributed by atoms with Gasteiger partial charge in [-0.15, -0.1) is 0 Å². The van der Waals surface area contributed by atoms with Crippen molar-refractivity contribution in [1.29, 1.82) is 0 Å². The van der Waals surface area contributed by atoms with E-state index in [1.54, 1.807) is 12.4 Å². The van der Waals surface area contributed by atoms with Crippen LogP contribution in [0.15, 0.2) is 30.9 Å². The molecule has 0 unspecified atom stereocenters. The molecule has 7 nitrogen and oxygen atoms in total. The van der Waals surface area contributed by atoms with E-state index in [4.69, 9.17) is 9.97 Å². The predicted molar refractivity (Wildman–Crippen MR) is 102 cm³/mol. The molecule has 2 aliphatic carbocycles. The Bertz CT molecular complexity index is 895. The van der Waals surface area contributed by atoms with Crippen molar-refractivity contribution < 1.29 is 0 Å². The summed E-state index contributed by atoms with van der Waals surface area (Å²) in [7, 11) is 0. The van der Waals surface area contributed by atoms with Gasteiger partial charge in [0.2, 0.25) is 5.95 Å². The van der Waals surface area contributed by atoms with Crippen LogP contribution >= 0.6 is 0 Å². The van der Waals surface area contributed by atoms with Crippen LogP contribution in [0.1, 0.15) is 51.0 Å². The van der Waals surface area contributed by atoms with Crippen LogP contribution < -0.4 is 10.6 Å². The highest BCUT2D eigenvalue weighted by Gasteiger charge is 2.25. The Kier molecular flexibility index (Phi) is 3.92. The first-order chi connectivity index (χ1) is 12.9. The molecule has 0 radical (unpaired) electrons.